The Kier molecular flexibility index (Phi) is 5.83. The average Bonchev–Trinajstić information content (AvgIpc) is 3.42. The van der Waals surface area contributed by atoms with Crippen molar-refractivity contribution < 1.29 is 9.53 Å². The van der Waals surface area contributed by atoms with Crippen molar-refractivity contribution in [1.82, 2.24) is 29.2 Å². The number of imidazole rings is 1. The first kappa shape index (κ1) is 23.5. The van der Waals surface area contributed by atoms with Crippen molar-refractivity contribution in [3.05, 3.63) is 57.6 Å². The van der Waals surface area contributed by atoms with Crippen LogP contribution >= 0.6 is 0 Å². The predicted molar refractivity (Wildman–Crippen MR) is 141 cm³/mol. The van der Waals surface area contributed by atoms with Crippen LogP contribution in [0.15, 0.2) is 35.4 Å². The van der Waals surface area contributed by atoms with Gasteiger partial charge in [0.1, 0.15) is 0 Å². The van der Waals surface area contributed by atoms with Gasteiger partial charge in [-0.3, -0.25) is 14.9 Å². The first-order valence-electron chi connectivity index (χ1n) is 12.8. The standard InChI is InChI=1S/C27H31N7O3/c1-16-5-4-10-37-26-21(13-29-33(26)3)20-11-18(15-32(2)25(20)36)24(35)31-27-30-22-7-6-17-12-28-9-8-19(17)23(22)34(27)14-16/h6-7,11,13,15-16,28H,4-5,8-10,12,14H2,1-3H3,(H,30,31,35)/t16-/m1/s1. The van der Waals surface area contributed by atoms with Gasteiger partial charge in [-0.25, -0.2) is 9.67 Å². The smallest absolute Gasteiger partial charge is 0.259 e. The minimum Gasteiger partial charge on any atom is -0.477 e. The lowest BCUT2D eigenvalue weighted by Gasteiger charge is -2.21. The third-order valence-corrected chi connectivity index (χ3v) is 7.40. The Labute approximate surface area is 214 Å². The highest BCUT2D eigenvalue weighted by Crippen LogP contribution is 2.31. The summed E-state index contributed by atoms with van der Waals surface area (Å²) >= 11 is 0. The first-order chi connectivity index (χ1) is 17.9. The first-order valence-corrected chi connectivity index (χ1v) is 12.8. The number of aryl methyl sites for hydroxylation is 2. The van der Waals surface area contributed by atoms with Crippen LogP contribution in [0.1, 0.15) is 41.3 Å². The second-order valence-electron chi connectivity index (χ2n) is 10.1. The van der Waals surface area contributed by atoms with Crippen LogP contribution in [0.4, 0.5) is 5.95 Å². The van der Waals surface area contributed by atoms with E-state index < -0.39 is 0 Å². The van der Waals surface area contributed by atoms with Gasteiger partial charge in [0, 0.05) is 33.4 Å². The molecule has 0 saturated heterocycles. The maximum atomic E-state index is 13.6. The van der Waals surface area contributed by atoms with Crippen molar-refractivity contribution in [1.29, 1.82) is 0 Å². The van der Waals surface area contributed by atoms with Crippen molar-refractivity contribution in [3.8, 4) is 17.0 Å². The fourth-order valence-corrected chi connectivity index (χ4v) is 5.48. The molecule has 2 aliphatic rings. The molecule has 10 heteroatoms. The van der Waals surface area contributed by atoms with Crippen LogP contribution < -0.4 is 20.9 Å². The van der Waals surface area contributed by atoms with Crippen molar-refractivity contribution in [2.24, 2.45) is 20.0 Å². The summed E-state index contributed by atoms with van der Waals surface area (Å²) in [5.41, 5.74) is 5.64. The number of amides is 1. The number of pyridine rings is 1. The maximum absolute atomic E-state index is 13.6. The Morgan fingerprint density at radius 2 is 2.03 bits per heavy atom. The molecule has 0 unspecified atom stereocenters. The number of carbonyl (C=O) groups is 1. The molecule has 0 fully saturated rings. The van der Waals surface area contributed by atoms with Crippen LogP contribution in [0.3, 0.4) is 0 Å². The Bertz CT molecular complexity index is 1580. The molecule has 4 aromatic rings. The monoisotopic (exact) mass is 501 g/mol. The molecule has 10 nitrogen and oxygen atoms in total. The molecule has 0 radical (unpaired) electrons. The van der Waals surface area contributed by atoms with Crippen molar-refractivity contribution in [3.63, 3.8) is 0 Å². The van der Waals surface area contributed by atoms with Gasteiger partial charge in [0.25, 0.3) is 11.5 Å². The molecular formula is C27H31N7O3. The summed E-state index contributed by atoms with van der Waals surface area (Å²) in [6, 6.07) is 5.78. The van der Waals surface area contributed by atoms with E-state index in [9.17, 15) is 9.59 Å². The van der Waals surface area contributed by atoms with Gasteiger partial charge in [0.15, 0.2) is 0 Å². The van der Waals surface area contributed by atoms with Crippen LogP contribution in [0.25, 0.3) is 22.2 Å². The number of nitrogens with one attached hydrogen (secondary N) is 2. The molecule has 5 heterocycles. The number of fused-ring (bicyclic) bond motifs is 9. The van der Waals surface area contributed by atoms with Crippen molar-refractivity contribution in [2.45, 2.75) is 39.3 Å². The number of hydrogen-bond acceptors (Lipinski definition) is 6. The molecule has 37 heavy (non-hydrogen) atoms. The van der Waals surface area contributed by atoms with Gasteiger partial charge in [0.05, 0.1) is 40.5 Å². The zero-order valence-corrected chi connectivity index (χ0v) is 21.4. The Hall–Kier alpha value is -3.92. The van der Waals surface area contributed by atoms with Crippen LogP contribution in [-0.2, 0) is 33.6 Å². The summed E-state index contributed by atoms with van der Waals surface area (Å²) in [5, 5.41) is 10.8. The largest absolute Gasteiger partial charge is 0.477 e. The fraction of sp³-hybridized carbons (Fsp3) is 0.407. The number of anilines is 1. The van der Waals surface area contributed by atoms with Gasteiger partial charge in [-0.2, -0.15) is 5.10 Å². The molecule has 192 valence electrons. The molecule has 0 saturated carbocycles. The average molecular weight is 502 g/mol. The normalized spacial score (nSPS) is 18.1. The molecular weight excluding hydrogens is 470 g/mol. The molecule has 1 amide bonds. The molecule has 0 spiro atoms. The van der Waals surface area contributed by atoms with Gasteiger partial charge in [0.2, 0.25) is 11.8 Å². The van der Waals surface area contributed by atoms with E-state index in [0.29, 0.717) is 41.0 Å². The van der Waals surface area contributed by atoms with Crippen molar-refractivity contribution in [2.75, 3.05) is 18.5 Å². The minimum absolute atomic E-state index is 0.222. The summed E-state index contributed by atoms with van der Waals surface area (Å²) in [4.78, 5) is 31.5. The second-order valence-corrected chi connectivity index (χ2v) is 10.1. The van der Waals surface area contributed by atoms with Gasteiger partial charge in [-0.15, -0.1) is 0 Å². The quantitative estimate of drug-likeness (QED) is 0.384. The van der Waals surface area contributed by atoms with E-state index in [1.807, 2.05) is 6.07 Å². The number of ether oxygens (including phenoxy) is 1. The van der Waals surface area contributed by atoms with Crippen LogP contribution in [0, 0.1) is 5.92 Å². The van der Waals surface area contributed by atoms with Gasteiger partial charge >= 0.3 is 0 Å². The predicted octanol–water partition coefficient (Wildman–Crippen LogP) is 2.84. The molecule has 2 bridgehead atoms. The SMILES string of the molecule is C[C@@H]1CCCOc2c(cnn2C)-c2cc(cn(C)c2=O)C(=O)Nc2nc3ccc4c(c3n2C1)CCNC4. The van der Waals surface area contributed by atoms with E-state index in [1.165, 1.54) is 15.7 Å². The van der Waals surface area contributed by atoms with E-state index in [0.717, 1.165) is 49.9 Å². The lowest BCUT2D eigenvalue weighted by atomic mass is 9.99. The topological polar surface area (TPSA) is 108 Å². The molecule has 0 aliphatic carbocycles. The molecule has 3 aromatic heterocycles. The number of rotatable bonds is 0. The minimum atomic E-state index is -0.321. The number of hydrogen-bond donors (Lipinski definition) is 2. The van der Waals surface area contributed by atoms with Gasteiger partial charge < -0.3 is 19.2 Å². The third-order valence-electron chi connectivity index (χ3n) is 7.40. The van der Waals surface area contributed by atoms with Gasteiger partial charge in [-0.1, -0.05) is 13.0 Å². The van der Waals surface area contributed by atoms with Gasteiger partial charge in [-0.05, 0) is 55.0 Å². The Balaban J connectivity index is 1.50. The number of aromatic nitrogens is 5. The summed E-state index contributed by atoms with van der Waals surface area (Å²) in [6.45, 7) is 5.20. The summed E-state index contributed by atoms with van der Waals surface area (Å²) in [5.74, 6) is 1.06. The van der Waals surface area contributed by atoms with E-state index in [4.69, 9.17) is 9.72 Å². The third kappa shape index (κ3) is 4.11. The van der Waals surface area contributed by atoms with E-state index >= 15 is 0 Å². The summed E-state index contributed by atoms with van der Waals surface area (Å²) < 4.78 is 11.3. The van der Waals surface area contributed by atoms with Crippen LogP contribution in [0.5, 0.6) is 5.88 Å². The zero-order valence-electron chi connectivity index (χ0n) is 21.4. The highest BCUT2D eigenvalue weighted by atomic mass is 16.5. The Morgan fingerprint density at radius 1 is 1.16 bits per heavy atom. The maximum Gasteiger partial charge on any atom is 0.259 e. The molecule has 2 N–H and O–H groups in total. The molecule has 2 aliphatic heterocycles. The van der Waals surface area contributed by atoms with Crippen molar-refractivity contribution >= 4 is 22.9 Å². The lowest BCUT2D eigenvalue weighted by Crippen LogP contribution is -2.25. The molecule has 1 atom stereocenters. The highest BCUT2D eigenvalue weighted by Gasteiger charge is 2.24. The van der Waals surface area contributed by atoms with E-state index in [2.05, 4.69) is 33.3 Å². The highest BCUT2D eigenvalue weighted by molar-refractivity contribution is 6.04. The fourth-order valence-electron chi connectivity index (χ4n) is 5.48. The molecule has 1 aromatic carbocycles. The molecule has 6 rings (SSSR count). The van der Waals surface area contributed by atoms with Crippen LogP contribution in [-0.4, -0.2) is 43.0 Å². The number of carbonyl (C=O) groups excluding carboxylic acids is 1. The number of nitrogens with zero attached hydrogens (tertiary/aromatic N) is 5. The van der Waals surface area contributed by atoms with E-state index in [1.54, 1.807) is 37.2 Å². The summed E-state index contributed by atoms with van der Waals surface area (Å²) in [6.07, 6.45) is 5.88. The van der Waals surface area contributed by atoms with Crippen LogP contribution in [0.2, 0.25) is 0 Å². The lowest BCUT2D eigenvalue weighted by molar-refractivity contribution is 0.102. The summed E-state index contributed by atoms with van der Waals surface area (Å²) in [7, 11) is 3.43. The zero-order chi connectivity index (χ0) is 25.7. The number of benzene rings is 1. The second kappa shape index (κ2) is 9.19. The van der Waals surface area contributed by atoms with E-state index in [-0.39, 0.29) is 11.5 Å². The Morgan fingerprint density at radius 3 is 2.89 bits per heavy atom.